The molecule has 5 nitrogen and oxygen atoms in total. The maximum absolute atomic E-state index is 12.5. The van der Waals surface area contributed by atoms with E-state index < -0.39 is 10.0 Å². The fraction of sp³-hybridized carbons (Fsp3) is 0.571. The highest BCUT2D eigenvalue weighted by atomic mass is 32.2. The molecule has 1 aliphatic rings. The molecule has 1 unspecified atom stereocenters. The highest BCUT2D eigenvalue weighted by molar-refractivity contribution is 7.89. The number of ether oxygens (including phenoxy) is 1. The van der Waals surface area contributed by atoms with E-state index in [4.69, 9.17) is 10.5 Å². The third-order valence-electron chi connectivity index (χ3n) is 3.78. The zero-order chi connectivity index (χ0) is 14.8. The van der Waals surface area contributed by atoms with E-state index in [0.717, 1.165) is 18.4 Å². The summed E-state index contributed by atoms with van der Waals surface area (Å²) in [5, 5.41) is 0. The largest absolute Gasteiger partial charge is 0.381 e. The first-order valence-corrected chi connectivity index (χ1v) is 8.27. The standard InChI is InChI=1S/C14H22N2O3S/c1-11(15)12-3-5-14(6-4-12)20(17,18)16-9-7-13(19-2)8-10-16/h3-6,11,13H,7-10,15H2,1-2H3. The van der Waals surface area contributed by atoms with Gasteiger partial charge in [-0.25, -0.2) is 8.42 Å². The molecule has 112 valence electrons. The Morgan fingerprint density at radius 3 is 2.25 bits per heavy atom. The predicted octanol–water partition coefficient (Wildman–Crippen LogP) is 1.51. The Balaban J connectivity index is 2.14. The van der Waals surface area contributed by atoms with Crippen LogP contribution in [0.4, 0.5) is 0 Å². The lowest BCUT2D eigenvalue weighted by atomic mass is 10.1. The first-order valence-electron chi connectivity index (χ1n) is 6.83. The number of rotatable bonds is 4. The van der Waals surface area contributed by atoms with Gasteiger partial charge in [-0.15, -0.1) is 0 Å². The van der Waals surface area contributed by atoms with E-state index in [1.165, 1.54) is 4.31 Å². The molecule has 1 fully saturated rings. The van der Waals surface area contributed by atoms with Crippen molar-refractivity contribution in [2.45, 2.75) is 36.8 Å². The van der Waals surface area contributed by atoms with Crippen LogP contribution in [0.2, 0.25) is 0 Å². The van der Waals surface area contributed by atoms with E-state index in [0.29, 0.717) is 18.0 Å². The van der Waals surface area contributed by atoms with Crippen LogP contribution in [0.3, 0.4) is 0 Å². The normalized spacial score (nSPS) is 19.9. The summed E-state index contributed by atoms with van der Waals surface area (Å²) in [4.78, 5) is 0.331. The number of piperidine rings is 1. The van der Waals surface area contributed by atoms with Crippen LogP contribution < -0.4 is 5.73 Å². The number of nitrogens with two attached hydrogens (primary N) is 1. The molecule has 1 heterocycles. The van der Waals surface area contributed by atoms with Gasteiger partial charge in [0.1, 0.15) is 0 Å². The topological polar surface area (TPSA) is 72.6 Å². The van der Waals surface area contributed by atoms with E-state index in [9.17, 15) is 8.42 Å². The number of benzene rings is 1. The van der Waals surface area contributed by atoms with Gasteiger partial charge >= 0.3 is 0 Å². The lowest BCUT2D eigenvalue weighted by Gasteiger charge is -2.30. The van der Waals surface area contributed by atoms with Crippen LogP contribution in [0.5, 0.6) is 0 Å². The third-order valence-corrected chi connectivity index (χ3v) is 5.69. The number of methoxy groups -OCH3 is 1. The molecule has 1 aromatic carbocycles. The molecule has 0 aliphatic carbocycles. The van der Waals surface area contributed by atoms with Gasteiger partial charge < -0.3 is 10.5 Å². The monoisotopic (exact) mass is 298 g/mol. The quantitative estimate of drug-likeness (QED) is 0.914. The molecule has 1 saturated heterocycles. The van der Waals surface area contributed by atoms with E-state index in [-0.39, 0.29) is 12.1 Å². The summed E-state index contributed by atoms with van der Waals surface area (Å²) in [5.74, 6) is 0. The molecule has 1 aliphatic heterocycles. The smallest absolute Gasteiger partial charge is 0.243 e. The van der Waals surface area contributed by atoms with Crippen molar-refractivity contribution in [1.82, 2.24) is 4.31 Å². The lowest BCUT2D eigenvalue weighted by Crippen LogP contribution is -2.40. The molecule has 6 heteroatoms. The minimum atomic E-state index is -3.40. The third kappa shape index (κ3) is 3.20. The van der Waals surface area contributed by atoms with Crippen molar-refractivity contribution in [1.29, 1.82) is 0 Å². The minimum absolute atomic E-state index is 0.0933. The molecule has 20 heavy (non-hydrogen) atoms. The Hall–Kier alpha value is -0.950. The second-order valence-corrected chi connectivity index (χ2v) is 7.13. The highest BCUT2D eigenvalue weighted by Gasteiger charge is 2.29. The van der Waals surface area contributed by atoms with E-state index >= 15 is 0 Å². The Kier molecular flexibility index (Phi) is 4.80. The first-order chi connectivity index (χ1) is 9.45. The molecule has 0 aromatic heterocycles. The maximum Gasteiger partial charge on any atom is 0.243 e. The van der Waals surface area contributed by atoms with Gasteiger partial charge in [-0.2, -0.15) is 4.31 Å². The molecule has 0 bridgehead atoms. The fourth-order valence-corrected chi connectivity index (χ4v) is 3.87. The molecular weight excluding hydrogens is 276 g/mol. The van der Waals surface area contributed by atoms with Gasteiger partial charge in [0.05, 0.1) is 11.0 Å². The SMILES string of the molecule is COC1CCN(S(=O)(=O)c2ccc(C(C)N)cc2)CC1. The van der Waals surface area contributed by atoms with Crippen molar-refractivity contribution in [2.24, 2.45) is 5.73 Å². The maximum atomic E-state index is 12.5. The summed E-state index contributed by atoms with van der Waals surface area (Å²) in [6, 6.07) is 6.73. The van der Waals surface area contributed by atoms with Gasteiger partial charge in [-0.3, -0.25) is 0 Å². The molecule has 2 N–H and O–H groups in total. The molecule has 0 saturated carbocycles. The van der Waals surface area contributed by atoms with Crippen LogP contribution in [0.1, 0.15) is 31.4 Å². The van der Waals surface area contributed by atoms with Crippen molar-refractivity contribution >= 4 is 10.0 Å². The second kappa shape index (κ2) is 6.22. The zero-order valence-corrected chi connectivity index (χ0v) is 12.8. The second-order valence-electron chi connectivity index (χ2n) is 5.20. The molecule has 0 spiro atoms. The Bertz CT molecular complexity index is 532. The van der Waals surface area contributed by atoms with Crippen molar-refractivity contribution in [3.63, 3.8) is 0 Å². The van der Waals surface area contributed by atoms with E-state index in [2.05, 4.69) is 0 Å². The molecule has 0 radical (unpaired) electrons. The number of hydrogen-bond donors (Lipinski definition) is 1. The van der Waals surface area contributed by atoms with Crippen molar-refractivity contribution in [3.8, 4) is 0 Å². The Morgan fingerprint density at radius 2 is 1.80 bits per heavy atom. The summed E-state index contributed by atoms with van der Waals surface area (Å²) in [6.07, 6.45) is 1.66. The van der Waals surface area contributed by atoms with Gasteiger partial charge in [0.15, 0.2) is 0 Å². The van der Waals surface area contributed by atoms with Crippen LogP contribution in [-0.4, -0.2) is 39.0 Å². The van der Waals surface area contributed by atoms with Crippen LogP contribution in [0.15, 0.2) is 29.2 Å². The number of sulfonamides is 1. The summed E-state index contributed by atoms with van der Waals surface area (Å²) in [5.41, 5.74) is 6.70. The van der Waals surface area contributed by atoms with Crippen molar-refractivity contribution in [3.05, 3.63) is 29.8 Å². The lowest BCUT2D eigenvalue weighted by molar-refractivity contribution is 0.0604. The molecule has 0 amide bonds. The molecule has 2 rings (SSSR count). The minimum Gasteiger partial charge on any atom is -0.381 e. The van der Waals surface area contributed by atoms with Crippen LogP contribution in [-0.2, 0) is 14.8 Å². The van der Waals surface area contributed by atoms with Crippen molar-refractivity contribution < 1.29 is 13.2 Å². The van der Waals surface area contributed by atoms with Gasteiger partial charge in [-0.05, 0) is 37.5 Å². The Morgan fingerprint density at radius 1 is 1.25 bits per heavy atom. The van der Waals surface area contributed by atoms with Gasteiger partial charge in [0.2, 0.25) is 10.0 Å². The van der Waals surface area contributed by atoms with Crippen LogP contribution in [0.25, 0.3) is 0 Å². The predicted molar refractivity (Wildman–Crippen MR) is 77.8 cm³/mol. The van der Waals surface area contributed by atoms with Gasteiger partial charge in [0, 0.05) is 26.2 Å². The summed E-state index contributed by atoms with van der Waals surface area (Å²) in [7, 11) is -1.73. The molecule has 1 atom stereocenters. The van der Waals surface area contributed by atoms with E-state index in [1.807, 2.05) is 6.92 Å². The number of nitrogens with zero attached hydrogens (tertiary/aromatic N) is 1. The Labute approximate surface area is 120 Å². The summed E-state index contributed by atoms with van der Waals surface area (Å²) >= 11 is 0. The van der Waals surface area contributed by atoms with Gasteiger partial charge in [-0.1, -0.05) is 12.1 Å². The average molecular weight is 298 g/mol. The molecule has 1 aromatic rings. The molecular formula is C14H22N2O3S. The number of hydrogen-bond acceptors (Lipinski definition) is 4. The van der Waals surface area contributed by atoms with E-state index in [1.54, 1.807) is 31.4 Å². The van der Waals surface area contributed by atoms with Crippen LogP contribution >= 0.6 is 0 Å². The summed E-state index contributed by atoms with van der Waals surface area (Å²) < 4.78 is 31.8. The summed E-state index contributed by atoms with van der Waals surface area (Å²) in [6.45, 7) is 2.89. The fourth-order valence-electron chi connectivity index (χ4n) is 2.40. The first kappa shape index (κ1) is 15.4. The highest BCUT2D eigenvalue weighted by Crippen LogP contribution is 2.22. The average Bonchev–Trinajstić information content (AvgIpc) is 2.47. The van der Waals surface area contributed by atoms with Crippen molar-refractivity contribution in [2.75, 3.05) is 20.2 Å². The zero-order valence-electron chi connectivity index (χ0n) is 12.0. The van der Waals surface area contributed by atoms with Crippen LogP contribution in [0, 0.1) is 0 Å². The van der Waals surface area contributed by atoms with Gasteiger partial charge in [0.25, 0.3) is 0 Å².